The lowest BCUT2D eigenvalue weighted by molar-refractivity contribution is -0.121. The van der Waals surface area contributed by atoms with Crippen molar-refractivity contribution in [3.8, 4) is 0 Å². The Kier molecular flexibility index (Phi) is 10.3. The fraction of sp³-hybridized carbons (Fsp3) is 0.591. The van der Waals surface area contributed by atoms with E-state index in [1.54, 1.807) is 0 Å². The van der Waals surface area contributed by atoms with Crippen LogP contribution in [0.5, 0.6) is 0 Å². The van der Waals surface area contributed by atoms with Crippen LogP contribution in [0.25, 0.3) is 0 Å². The zero-order valence-electron chi connectivity index (χ0n) is 18.3. The van der Waals surface area contributed by atoms with Crippen molar-refractivity contribution in [1.29, 1.82) is 0 Å². The summed E-state index contributed by atoms with van der Waals surface area (Å²) in [5.41, 5.74) is 4.29. The first-order chi connectivity index (χ1) is 13.4. The molecule has 1 aliphatic rings. The van der Waals surface area contributed by atoms with Gasteiger partial charge in [0.2, 0.25) is 5.91 Å². The van der Waals surface area contributed by atoms with Crippen molar-refractivity contribution < 1.29 is 23.7 Å². The van der Waals surface area contributed by atoms with Crippen LogP contribution < -0.4 is 5.32 Å². The molecule has 29 heavy (non-hydrogen) atoms. The molecule has 0 aromatic rings. The molecule has 3 N–H and O–H groups in total. The van der Waals surface area contributed by atoms with Gasteiger partial charge < -0.3 is 15.1 Å². The summed E-state index contributed by atoms with van der Waals surface area (Å²) < 4.78 is 14.8. The van der Waals surface area contributed by atoms with Crippen molar-refractivity contribution in [2.75, 3.05) is 13.2 Å². The van der Waals surface area contributed by atoms with E-state index in [0.717, 1.165) is 5.57 Å². The molecule has 0 aromatic carbocycles. The highest BCUT2D eigenvalue weighted by molar-refractivity contribution is 7.46. The van der Waals surface area contributed by atoms with Gasteiger partial charge >= 0.3 is 7.82 Å². The Labute approximate surface area is 175 Å². The molecule has 0 radical (unpaired) electrons. The van der Waals surface area contributed by atoms with Crippen molar-refractivity contribution in [3.63, 3.8) is 0 Å². The lowest BCUT2D eigenvalue weighted by atomic mass is 9.72. The molecule has 0 aromatic heterocycles. The van der Waals surface area contributed by atoms with Crippen LogP contribution in [0.3, 0.4) is 0 Å². The number of amides is 1. The molecule has 0 saturated heterocycles. The van der Waals surface area contributed by atoms with E-state index in [1.807, 2.05) is 25.2 Å². The average Bonchev–Trinajstić information content (AvgIpc) is 2.57. The number of carbonyl (C=O) groups excluding carboxylic acids is 1. The minimum absolute atomic E-state index is 0.0490. The van der Waals surface area contributed by atoms with Gasteiger partial charge in [-0.25, -0.2) is 4.57 Å². The number of hydrogen-bond acceptors (Lipinski definition) is 3. The topological polar surface area (TPSA) is 95.9 Å². The zero-order chi connectivity index (χ0) is 22.1. The van der Waals surface area contributed by atoms with Crippen molar-refractivity contribution in [3.05, 3.63) is 47.1 Å². The molecule has 0 saturated carbocycles. The highest BCUT2D eigenvalue weighted by atomic mass is 31.2. The average molecular weight is 426 g/mol. The molecule has 1 rings (SSSR count). The zero-order valence-corrected chi connectivity index (χ0v) is 19.2. The molecule has 1 amide bonds. The molecular weight excluding hydrogens is 389 g/mol. The first kappa shape index (κ1) is 25.6. The van der Waals surface area contributed by atoms with Gasteiger partial charge in [0.1, 0.15) is 0 Å². The summed E-state index contributed by atoms with van der Waals surface area (Å²) in [7, 11) is -4.48. The molecule has 0 spiro atoms. The van der Waals surface area contributed by atoms with Gasteiger partial charge in [-0.3, -0.25) is 9.32 Å². The third-order valence-corrected chi connectivity index (χ3v) is 5.56. The molecule has 0 bridgehead atoms. The Morgan fingerprint density at radius 3 is 2.69 bits per heavy atom. The maximum atomic E-state index is 11.8. The Morgan fingerprint density at radius 1 is 1.38 bits per heavy atom. The lowest BCUT2D eigenvalue weighted by Gasteiger charge is -2.32. The maximum Gasteiger partial charge on any atom is 0.469 e. The fourth-order valence-corrected chi connectivity index (χ4v) is 3.79. The summed E-state index contributed by atoms with van der Waals surface area (Å²) in [6.07, 6.45) is 14.3. The molecule has 0 heterocycles. The van der Waals surface area contributed by atoms with E-state index >= 15 is 0 Å². The van der Waals surface area contributed by atoms with Gasteiger partial charge in [-0.15, -0.1) is 0 Å². The van der Waals surface area contributed by atoms with E-state index in [2.05, 4.69) is 49.7 Å². The maximum absolute atomic E-state index is 11.8. The highest BCUT2D eigenvalue weighted by Crippen LogP contribution is 2.40. The molecule has 0 fully saturated rings. The Morgan fingerprint density at radius 2 is 2.07 bits per heavy atom. The smallest absolute Gasteiger partial charge is 0.354 e. The third-order valence-electron chi connectivity index (χ3n) is 5.05. The van der Waals surface area contributed by atoms with Gasteiger partial charge in [-0.05, 0) is 50.0 Å². The third kappa shape index (κ3) is 10.8. The van der Waals surface area contributed by atoms with Crippen LogP contribution in [-0.2, 0) is 13.9 Å². The van der Waals surface area contributed by atoms with Gasteiger partial charge in [-0.2, -0.15) is 0 Å². The van der Waals surface area contributed by atoms with Crippen LogP contribution in [0.15, 0.2) is 47.1 Å². The first-order valence-corrected chi connectivity index (χ1v) is 11.6. The monoisotopic (exact) mass is 425 g/mol. The quantitative estimate of drug-likeness (QED) is 0.265. The summed E-state index contributed by atoms with van der Waals surface area (Å²) in [6.45, 7) is 10.7. The number of allylic oxidation sites excluding steroid dienone is 8. The molecule has 0 aliphatic heterocycles. The number of hydrogen-bond donors (Lipinski definition) is 3. The van der Waals surface area contributed by atoms with Crippen LogP contribution in [0.4, 0.5) is 0 Å². The van der Waals surface area contributed by atoms with Crippen LogP contribution in [0.2, 0.25) is 0 Å². The Balaban J connectivity index is 2.47. The van der Waals surface area contributed by atoms with Crippen molar-refractivity contribution in [2.24, 2.45) is 11.3 Å². The molecule has 1 unspecified atom stereocenters. The summed E-state index contributed by atoms with van der Waals surface area (Å²) in [5.74, 6) is -0.132. The van der Waals surface area contributed by atoms with Gasteiger partial charge in [0, 0.05) is 13.0 Å². The lowest BCUT2D eigenvalue weighted by Crippen LogP contribution is -2.27. The van der Waals surface area contributed by atoms with E-state index in [4.69, 9.17) is 9.79 Å². The van der Waals surface area contributed by atoms with E-state index < -0.39 is 7.82 Å². The second kappa shape index (κ2) is 11.7. The summed E-state index contributed by atoms with van der Waals surface area (Å²) in [6, 6.07) is 0. The predicted molar refractivity (Wildman–Crippen MR) is 117 cm³/mol. The second-order valence-electron chi connectivity index (χ2n) is 8.42. The normalized spacial score (nSPS) is 19.2. The summed E-state index contributed by atoms with van der Waals surface area (Å²) in [4.78, 5) is 29.0. The Hall–Kier alpha value is -1.46. The number of nitrogens with one attached hydrogen (secondary N) is 1. The van der Waals surface area contributed by atoms with Crippen LogP contribution >= 0.6 is 7.82 Å². The highest BCUT2D eigenvalue weighted by Gasteiger charge is 2.26. The van der Waals surface area contributed by atoms with Crippen molar-refractivity contribution in [1.82, 2.24) is 5.32 Å². The van der Waals surface area contributed by atoms with Gasteiger partial charge in [0.15, 0.2) is 0 Å². The van der Waals surface area contributed by atoms with E-state index in [9.17, 15) is 9.36 Å². The van der Waals surface area contributed by atoms with Gasteiger partial charge in [0.05, 0.1) is 6.61 Å². The fourth-order valence-electron chi connectivity index (χ4n) is 3.47. The Bertz CT molecular complexity index is 727. The number of rotatable bonds is 10. The molecule has 1 aliphatic carbocycles. The minimum Gasteiger partial charge on any atom is -0.354 e. The van der Waals surface area contributed by atoms with Gasteiger partial charge in [0.25, 0.3) is 0 Å². The van der Waals surface area contributed by atoms with Crippen LogP contribution in [0.1, 0.15) is 60.3 Å². The largest absolute Gasteiger partial charge is 0.469 e. The predicted octanol–water partition coefficient (Wildman–Crippen LogP) is 4.82. The molecular formula is C22H36NO5P. The number of phosphoric acid groups is 1. The molecule has 1 atom stereocenters. The van der Waals surface area contributed by atoms with E-state index in [1.165, 1.54) is 30.4 Å². The molecule has 6 nitrogen and oxygen atoms in total. The van der Waals surface area contributed by atoms with Crippen LogP contribution in [-0.4, -0.2) is 28.8 Å². The first-order valence-electron chi connectivity index (χ1n) is 10.1. The summed E-state index contributed by atoms with van der Waals surface area (Å²) >= 11 is 0. The summed E-state index contributed by atoms with van der Waals surface area (Å²) in [5, 5.41) is 2.58. The second-order valence-corrected chi connectivity index (χ2v) is 9.65. The molecule has 164 valence electrons. The van der Waals surface area contributed by atoms with E-state index in [0.29, 0.717) is 6.42 Å². The van der Waals surface area contributed by atoms with E-state index in [-0.39, 0.29) is 30.4 Å². The van der Waals surface area contributed by atoms with Crippen LogP contribution in [0, 0.1) is 11.3 Å². The van der Waals surface area contributed by atoms with Gasteiger partial charge in [-0.1, -0.05) is 62.3 Å². The molecule has 7 heteroatoms. The number of carbonyl (C=O) groups is 1. The standard InChI is InChI=1S/C22H36NO5P/c1-17(11-12-20-19(3)10-7-13-22(20,4)5)8-6-9-18(2)16-21(24)23-14-15-28-29(25,26)27/h6,8-9,11-12,18H,7,10,13-16H2,1-5H3,(H,23,24)(H2,25,26,27)/b9-6+,12-11+,17-8+. The van der Waals surface area contributed by atoms with Crippen molar-refractivity contribution in [2.45, 2.75) is 60.3 Å². The SMILES string of the molecule is CC1=C(/C=C/C(C)=C/C=C/C(C)CC(=O)NCCOP(=O)(O)O)C(C)(C)CCC1. The number of phosphoric ester groups is 1. The minimum atomic E-state index is -4.48. The van der Waals surface area contributed by atoms with Crippen molar-refractivity contribution >= 4 is 13.7 Å².